The van der Waals surface area contributed by atoms with Gasteiger partial charge in [-0.25, -0.2) is 0 Å². The van der Waals surface area contributed by atoms with Crippen LogP contribution in [0.5, 0.6) is 0 Å². The van der Waals surface area contributed by atoms with Gasteiger partial charge in [0.15, 0.2) is 0 Å². The van der Waals surface area contributed by atoms with Crippen LogP contribution in [0.1, 0.15) is 6.92 Å². The summed E-state index contributed by atoms with van der Waals surface area (Å²) in [5.74, 6) is 0. The second kappa shape index (κ2) is 6.78. The molecule has 0 saturated carbocycles. The highest BCUT2D eigenvalue weighted by atomic mass is 15.3. The number of hydrogen-bond donors (Lipinski definition) is 1. The Morgan fingerprint density at radius 3 is 2.21 bits per heavy atom. The Bertz CT molecular complexity index is 368. The Balaban J connectivity index is 1.75. The lowest BCUT2D eigenvalue weighted by molar-refractivity contribution is 0.140. The quantitative estimate of drug-likeness (QED) is 0.813. The standard InChI is InChI=1S/C15H26N4/c1-3-18-10-12-19(13-11-18)9-8-17(2)15-6-4-14(16)5-7-15/h4-7H,3,8-13,16H2,1-2H3. The molecule has 1 aromatic rings. The number of anilines is 2. The summed E-state index contributed by atoms with van der Waals surface area (Å²) in [6.07, 6.45) is 0. The highest BCUT2D eigenvalue weighted by molar-refractivity contribution is 5.52. The van der Waals surface area contributed by atoms with Gasteiger partial charge in [-0.1, -0.05) is 6.92 Å². The fourth-order valence-corrected chi connectivity index (χ4v) is 2.48. The summed E-state index contributed by atoms with van der Waals surface area (Å²) in [5.41, 5.74) is 7.78. The number of hydrogen-bond acceptors (Lipinski definition) is 4. The van der Waals surface area contributed by atoms with Gasteiger partial charge < -0.3 is 15.5 Å². The highest BCUT2D eigenvalue weighted by Crippen LogP contribution is 2.14. The van der Waals surface area contributed by atoms with E-state index in [2.05, 4.69) is 40.8 Å². The number of nitrogens with zero attached hydrogens (tertiary/aromatic N) is 3. The molecule has 1 fully saturated rings. The van der Waals surface area contributed by atoms with Gasteiger partial charge in [-0.3, -0.25) is 4.90 Å². The van der Waals surface area contributed by atoms with Crippen LogP contribution in [0, 0.1) is 0 Å². The molecule has 4 heteroatoms. The minimum Gasteiger partial charge on any atom is -0.399 e. The van der Waals surface area contributed by atoms with E-state index >= 15 is 0 Å². The van der Waals surface area contributed by atoms with E-state index in [0.717, 1.165) is 18.8 Å². The van der Waals surface area contributed by atoms with Crippen LogP contribution in [0.25, 0.3) is 0 Å². The minimum atomic E-state index is 0.827. The molecule has 1 heterocycles. The van der Waals surface area contributed by atoms with Crippen molar-refractivity contribution < 1.29 is 0 Å². The van der Waals surface area contributed by atoms with Crippen molar-refractivity contribution >= 4 is 11.4 Å². The Kier molecular flexibility index (Phi) is 5.05. The average molecular weight is 262 g/mol. The van der Waals surface area contributed by atoms with E-state index in [1.165, 1.54) is 38.4 Å². The van der Waals surface area contributed by atoms with Gasteiger partial charge >= 0.3 is 0 Å². The largest absolute Gasteiger partial charge is 0.399 e. The number of piperazine rings is 1. The van der Waals surface area contributed by atoms with Crippen LogP contribution in [0.3, 0.4) is 0 Å². The minimum absolute atomic E-state index is 0.827. The van der Waals surface area contributed by atoms with Crippen LogP contribution in [0.4, 0.5) is 11.4 Å². The van der Waals surface area contributed by atoms with Gasteiger partial charge in [-0.05, 0) is 30.8 Å². The summed E-state index contributed by atoms with van der Waals surface area (Å²) in [5, 5.41) is 0. The molecular weight excluding hydrogens is 236 g/mol. The molecule has 0 unspecified atom stereocenters. The lowest BCUT2D eigenvalue weighted by Gasteiger charge is -2.35. The topological polar surface area (TPSA) is 35.7 Å². The summed E-state index contributed by atoms with van der Waals surface area (Å²) in [6.45, 7) is 10.4. The third kappa shape index (κ3) is 4.11. The van der Waals surface area contributed by atoms with Crippen LogP contribution in [-0.4, -0.2) is 62.7 Å². The van der Waals surface area contributed by atoms with Gasteiger partial charge in [-0.2, -0.15) is 0 Å². The first kappa shape index (κ1) is 14.2. The van der Waals surface area contributed by atoms with Crippen molar-refractivity contribution in [3.8, 4) is 0 Å². The smallest absolute Gasteiger partial charge is 0.0365 e. The van der Waals surface area contributed by atoms with E-state index in [9.17, 15) is 0 Å². The second-order valence-corrected chi connectivity index (χ2v) is 5.29. The fraction of sp³-hybridized carbons (Fsp3) is 0.600. The van der Waals surface area contributed by atoms with Crippen molar-refractivity contribution in [2.45, 2.75) is 6.92 Å². The van der Waals surface area contributed by atoms with E-state index in [4.69, 9.17) is 5.73 Å². The summed E-state index contributed by atoms with van der Waals surface area (Å²) < 4.78 is 0. The molecule has 2 rings (SSSR count). The SMILES string of the molecule is CCN1CCN(CCN(C)c2ccc(N)cc2)CC1. The zero-order valence-corrected chi connectivity index (χ0v) is 12.2. The number of rotatable bonds is 5. The lowest BCUT2D eigenvalue weighted by atomic mass is 10.2. The summed E-state index contributed by atoms with van der Waals surface area (Å²) in [7, 11) is 2.15. The van der Waals surface area contributed by atoms with Crippen molar-refractivity contribution in [3.05, 3.63) is 24.3 Å². The lowest BCUT2D eigenvalue weighted by Crippen LogP contribution is -2.48. The van der Waals surface area contributed by atoms with Gasteiger partial charge in [0.1, 0.15) is 0 Å². The van der Waals surface area contributed by atoms with E-state index in [0.29, 0.717) is 0 Å². The van der Waals surface area contributed by atoms with Crippen LogP contribution < -0.4 is 10.6 Å². The third-order valence-corrected chi connectivity index (χ3v) is 4.00. The van der Waals surface area contributed by atoms with Crippen LogP contribution in [-0.2, 0) is 0 Å². The molecule has 0 atom stereocenters. The first-order valence-corrected chi connectivity index (χ1v) is 7.20. The second-order valence-electron chi connectivity index (χ2n) is 5.29. The molecule has 4 nitrogen and oxygen atoms in total. The normalized spacial score (nSPS) is 17.6. The van der Waals surface area contributed by atoms with E-state index in [1.807, 2.05) is 12.1 Å². The molecule has 0 spiro atoms. The maximum atomic E-state index is 5.71. The summed E-state index contributed by atoms with van der Waals surface area (Å²) in [4.78, 5) is 7.37. The van der Waals surface area contributed by atoms with Crippen LogP contribution >= 0.6 is 0 Å². The maximum absolute atomic E-state index is 5.71. The average Bonchev–Trinajstić information content (AvgIpc) is 2.46. The molecule has 1 aliphatic rings. The molecule has 1 saturated heterocycles. The number of benzene rings is 1. The Hall–Kier alpha value is -1.26. The Morgan fingerprint density at radius 1 is 1.05 bits per heavy atom. The molecule has 0 amide bonds. The number of nitrogens with two attached hydrogens (primary N) is 1. The first-order chi connectivity index (χ1) is 9.19. The monoisotopic (exact) mass is 262 g/mol. The molecule has 1 aromatic carbocycles. The van der Waals surface area contributed by atoms with Crippen molar-refractivity contribution in [1.29, 1.82) is 0 Å². The predicted molar refractivity (Wildman–Crippen MR) is 82.7 cm³/mol. The van der Waals surface area contributed by atoms with E-state index < -0.39 is 0 Å². The van der Waals surface area contributed by atoms with Gasteiger partial charge in [0.05, 0.1) is 0 Å². The van der Waals surface area contributed by atoms with Gasteiger partial charge in [0.25, 0.3) is 0 Å². The molecule has 106 valence electrons. The molecular formula is C15H26N4. The molecule has 0 aliphatic carbocycles. The number of nitrogen functional groups attached to an aromatic ring is 1. The molecule has 19 heavy (non-hydrogen) atoms. The van der Waals surface area contributed by atoms with Crippen LogP contribution in [0.15, 0.2) is 24.3 Å². The van der Waals surface area contributed by atoms with Gasteiger partial charge in [-0.15, -0.1) is 0 Å². The van der Waals surface area contributed by atoms with Crippen LogP contribution in [0.2, 0.25) is 0 Å². The molecule has 0 aromatic heterocycles. The molecule has 2 N–H and O–H groups in total. The third-order valence-electron chi connectivity index (χ3n) is 4.00. The zero-order valence-electron chi connectivity index (χ0n) is 12.2. The molecule has 1 aliphatic heterocycles. The van der Waals surface area contributed by atoms with Crippen molar-refractivity contribution in [2.75, 3.05) is 63.5 Å². The maximum Gasteiger partial charge on any atom is 0.0365 e. The van der Waals surface area contributed by atoms with E-state index in [-0.39, 0.29) is 0 Å². The van der Waals surface area contributed by atoms with Crippen molar-refractivity contribution in [2.24, 2.45) is 0 Å². The van der Waals surface area contributed by atoms with Crippen molar-refractivity contribution in [3.63, 3.8) is 0 Å². The highest BCUT2D eigenvalue weighted by Gasteiger charge is 2.15. The summed E-state index contributed by atoms with van der Waals surface area (Å²) >= 11 is 0. The molecule has 0 bridgehead atoms. The van der Waals surface area contributed by atoms with Crippen molar-refractivity contribution in [1.82, 2.24) is 9.80 Å². The Morgan fingerprint density at radius 2 is 1.63 bits per heavy atom. The zero-order chi connectivity index (χ0) is 13.7. The Labute approximate surface area is 116 Å². The fourth-order valence-electron chi connectivity index (χ4n) is 2.48. The van der Waals surface area contributed by atoms with Gasteiger partial charge in [0, 0.05) is 57.7 Å². The van der Waals surface area contributed by atoms with Gasteiger partial charge in [0.2, 0.25) is 0 Å². The molecule has 0 radical (unpaired) electrons. The predicted octanol–water partition coefficient (Wildman–Crippen LogP) is 1.34. The van der Waals surface area contributed by atoms with E-state index in [1.54, 1.807) is 0 Å². The summed E-state index contributed by atoms with van der Waals surface area (Å²) in [6, 6.07) is 8.10. The number of likely N-dealkylation sites (N-methyl/N-ethyl adjacent to an activating group) is 2. The first-order valence-electron chi connectivity index (χ1n) is 7.20.